The van der Waals surface area contributed by atoms with Crippen molar-refractivity contribution in [1.82, 2.24) is 10.2 Å². The molecule has 1 atom stereocenters. The van der Waals surface area contributed by atoms with Crippen molar-refractivity contribution in [1.29, 1.82) is 0 Å². The van der Waals surface area contributed by atoms with E-state index in [1.165, 1.54) is 0 Å². The van der Waals surface area contributed by atoms with Crippen LogP contribution in [-0.2, 0) is 6.42 Å². The fourth-order valence-electron chi connectivity index (χ4n) is 1.44. The highest BCUT2D eigenvalue weighted by atomic mass is 19.4. The summed E-state index contributed by atoms with van der Waals surface area (Å²) in [6.45, 7) is 0. The number of nitrogens with zero attached hydrogens (tertiary/aromatic N) is 2. The zero-order valence-corrected chi connectivity index (χ0v) is 9.19. The molecule has 0 aliphatic rings. The van der Waals surface area contributed by atoms with E-state index in [-0.39, 0.29) is 5.89 Å². The maximum atomic E-state index is 12.1. The molecule has 1 unspecified atom stereocenters. The predicted octanol–water partition coefficient (Wildman–Crippen LogP) is 2.22. The van der Waals surface area contributed by atoms with E-state index >= 15 is 0 Å². The van der Waals surface area contributed by atoms with E-state index < -0.39 is 24.5 Å². The van der Waals surface area contributed by atoms with Crippen molar-refractivity contribution in [3.05, 3.63) is 47.7 Å². The van der Waals surface area contributed by atoms with Gasteiger partial charge in [-0.25, -0.2) is 0 Å². The number of hydrogen-bond donors (Lipinski definition) is 1. The average molecular weight is 257 g/mol. The van der Waals surface area contributed by atoms with Crippen LogP contribution in [0.5, 0.6) is 0 Å². The van der Waals surface area contributed by atoms with E-state index in [4.69, 9.17) is 10.2 Å². The van der Waals surface area contributed by atoms with Crippen molar-refractivity contribution < 1.29 is 17.6 Å². The summed E-state index contributed by atoms with van der Waals surface area (Å²) in [4.78, 5) is 0. The molecule has 1 aromatic carbocycles. The topological polar surface area (TPSA) is 64.9 Å². The summed E-state index contributed by atoms with van der Waals surface area (Å²) in [5, 5.41) is 6.87. The Labute approximate surface area is 101 Å². The largest absolute Gasteiger partial charge is 0.423 e. The van der Waals surface area contributed by atoms with Gasteiger partial charge in [0.15, 0.2) is 0 Å². The molecule has 0 saturated heterocycles. The van der Waals surface area contributed by atoms with Gasteiger partial charge < -0.3 is 10.2 Å². The molecule has 96 valence electrons. The summed E-state index contributed by atoms with van der Waals surface area (Å²) < 4.78 is 41.3. The molecule has 2 aromatic rings. The van der Waals surface area contributed by atoms with Gasteiger partial charge in [-0.15, -0.1) is 10.2 Å². The van der Waals surface area contributed by atoms with Gasteiger partial charge in [-0.2, -0.15) is 13.2 Å². The summed E-state index contributed by atoms with van der Waals surface area (Å²) in [6, 6.07) is 8.08. The second-order valence-corrected chi connectivity index (χ2v) is 3.71. The van der Waals surface area contributed by atoms with E-state index in [0.717, 1.165) is 0 Å². The Hall–Kier alpha value is -1.89. The van der Waals surface area contributed by atoms with Gasteiger partial charge in [0.1, 0.15) is 12.5 Å². The van der Waals surface area contributed by atoms with Crippen molar-refractivity contribution >= 4 is 0 Å². The van der Waals surface area contributed by atoms with E-state index in [1.807, 2.05) is 0 Å². The van der Waals surface area contributed by atoms with Crippen molar-refractivity contribution in [3.8, 4) is 0 Å². The highest BCUT2D eigenvalue weighted by Crippen LogP contribution is 2.23. The van der Waals surface area contributed by atoms with E-state index in [0.29, 0.717) is 5.56 Å². The molecule has 0 fully saturated rings. The smallest absolute Gasteiger partial charge is 0.397 e. The summed E-state index contributed by atoms with van der Waals surface area (Å²) in [7, 11) is 0. The number of benzene rings is 1. The minimum absolute atomic E-state index is 0.0274. The monoisotopic (exact) mass is 257 g/mol. The molecule has 18 heavy (non-hydrogen) atoms. The third-order valence-corrected chi connectivity index (χ3v) is 2.26. The molecule has 0 saturated carbocycles. The SMILES string of the molecule is NC(c1ccccc1)c1nnc(CC(F)(F)F)o1. The molecule has 1 aromatic heterocycles. The van der Waals surface area contributed by atoms with Gasteiger partial charge in [-0.05, 0) is 5.56 Å². The third kappa shape index (κ3) is 3.07. The number of alkyl halides is 3. The maximum absolute atomic E-state index is 12.1. The first-order chi connectivity index (χ1) is 8.46. The molecule has 0 spiro atoms. The van der Waals surface area contributed by atoms with Crippen LogP contribution < -0.4 is 5.73 Å². The van der Waals surface area contributed by atoms with Gasteiger partial charge in [0.25, 0.3) is 0 Å². The molecular formula is C11H10F3N3O. The molecular weight excluding hydrogens is 247 g/mol. The van der Waals surface area contributed by atoms with Gasteiger partial charge in [0.05, 0.1) is 0 Å². The van der Waals surface area contributed by atoms with Crippen molar-refractivity contribution in [2.45, 2.75) is 18.6 Å². The normalized spacial score (nSPS) is 13.6. The lowest BCUT2D eigenvalue weighted by atomic mass is 10.1. The standard InChI is InChI=1S/C11H10F3N3O/c12-11(13,14)6-8-16-17-10(18-8)9(15)7-4-2-1-3-5-7/h1-5,9H,6,15H2. The lowest BCUT2D eigenvalue weighted by molar-refractivity contribution is -0.130. The Morgan fingerprint density at radius 1 is 1.17 bits per heavy atom. The van der Waals surface area contributed by atoms with Crippen LogP contribution in [-0.4, -0.2) is 16.4 Å². The zero-order valence-electron chi connectivity index (χ0n) is 9.19. The number of nitrogens with two attached hydrogens (primary N) is 1. The number of aromatic nitrogens is 2. The number of hydrogen-bond acceptors (Lipinski definition) is 4. The average Bonchev–Trinajstić information content (AvgIpc) is 2.75. The Bertz CT molecular complexity index is 510. The number of halogens is 3. The summed E-state index contributed by atoms with van der Waals surface area (Å²) in [5.74, 6) is -0.510. The minimum Gasteiger partial charge on any atom is -0.423 e. The molecule has 0 radical (unpaired) electrons. The van der Waals surface area contributed by atoms with E-state index in [9.17, 15) is 13.2 Å². The van der Waals surface area contributed by atoms with Gasteiger partial charge in [0.2, 0.25) is 11.8 Å². The first kappa shape index (κ1) is 12.6. The van der Waals surface area contributed by atoms with Crippen LogP contribution in [0.1, 0.15) is 23.4 Å². The molecule has 0 aliphatic heterocycles. The second kappa shape index (κ2) is 4.77. The van der Waals surface area contributed by atoms with Crippen LogP contribution >= 0.6 is 0 Å². The fraction of sp³-hybridized carbons (Fsp3) is 0.273. The lowest BCUT2D eigenvalue weighted by Crippen LogP contribution is -2.12. The maximum Gasteiger partial charge on any atom is 0.397 e. The molecule has 0 bridgehead atoms. The van der Waals surface area contributed by atoms with Gasteiger partial charge in [0, 0.05) is 0 Å². The van der Waals surface area contributed by atoms with Crippen LogP contribution in [0.25, 0.3) is 0 Å². The molecule has 2 rings (SSSR count). The fourth-order valence-corrected chi connectivity index (χ4v) is 1.44. The summed E-state index contributed by atoms with van der Waals surface area (Å²) >= 11 is 0. The van der Waals surface area contributed by atoms with E-state index in [2.05, 4.69) is 10.2 Å². The van der Waals surface area contributed by atoms with Crippen molar-refractivity contribution in [3.63, 3.8) is 0 Å². The van der Waals surface area contributed by atoms with Crippen LogP contribution in [0, 0.1) is 0 Å². The highest BCUT2D eigenvalue weighted by molar-refractivity contribution is 5.22. The third-order valence-electron chi connectivity index (χ3n) is 2.26. The molecule has 1 heterocycles. The Morgan fingerprint density at radius 3 is 2.44 bits per heavy atom. The Kier molecular flexibility index (Phi) is 3.33. The van der Waals surface area contributed by atoms with Crippen LogP contribution in [0.3, 0.4) is 0 Å². The Balaban J connectivity index is 2.15. The van der Waals surface area contributed by atoms with Crippen molar-refractivity contribution in [2.24, 2.45) is 5.73 Å². The van der Waals surface area contributed by atoms with E-state index in [1.54, 1.807) is 30.3 Å². The summed E-state index contributed by atoms with van der Waals surface area (Å²) in [6.07, 6.45) is -5.62. The minimum atomic E-state index is -4.37. The highest BCUT2D eigenvalue weighted by Gasteiger charge is 2.31. The summed E-state index contributed by atoms with van der Waals surface area (Å²) in [5.41, 5.74) is 6.51. The second-order valence-electron chi connectivity index (χ2n) is 3.71. The van der Waals surface area contributed by atoms with Gasteiger partial charge >= 0.3 is 6.18 Å². The lowest BCUT2D eigenvalue weighted by Gasteiger charge is -2.06. The quantitative estimate of drug-likeness (QED) is 0.915. The number of rotatable bonds is 3. The molecule has 0 amide bonds. The predicted molar refractivity (Wildman–Crippen MR) is 56.5 cm³/mol. The van der Waals surface area contributed by atoms with Gasteiger partial charge in [-0.3, -0.25) is 0 Å². The molecule has 2 N–H and O–H groups in total. The van der Waals surface area contributed by atoms with Crippen LogP contribution in [0.15, 0.2) is 34.7 Å². The zero-order chi connectivity index (χ0) is 13.2. The molecule has 4 nitrogen and oxygen atoms in total. The van der Waals surface area contributed by atoms with Crippen LogP contribution in [0.4, 0.5) is 13.2 Å². The van der Waals surface area contributed by atoms with Crippen molar-refractivity contribution in [2.75, 3.05) is 0 Å². The van der Waals surface area contributed by atoms with Crippen LogP contribution in [0.2, 0.25) is 0 Å². The Morgan fingerprint density at radius 2 is 1.83 bits per heavy atom. The first-order valence-electron chi connectivity index (χ1n) is 5.15. The molecule has 0 aliphatic carbocycles. The molecule has 7 heteroatoms. The first-order valence-corrected chi connectivity index (χ1v) is 5.15. The van der Waals surface area contributed by atoms with Gasteiger partial charge in [-0.1, -0.05) is 30.3 Å².